The van der Waals surface area contributed by atoms with Gasteiger partial charge in [-0.2, -0.15) is 0 Å². The zero-order chi connectivity index (χ0) is 25.5. The lowest BCUT2D eigenvalue weighted by atomic mass is 9.90. The minimum absolute atomic E-state index is 0.127. The summed E-state index contributed by atoms with van der Waals surface area (Å²) >= 11 is 0. The number of carboxylic acid groups (broad SMARTS) is 1. The molecule has 0 saturated carbocycles. The summed E-state index contributed by atoms with van der Waals surface area (Å²) in [6, 6.07) is 17.0. The number of allylic oxidation sites excluding steroid dienone is 1. The standard InChI is InChI=1S/C26H29N5O4S/c1-17(18-9-11-21(12-10-18)36(34)31-15-22(32)33)23(19-6-3-2-4-7-19)24-25(27)29-16-30-26(24)28-14-20-8-5-13-35-20/h2-4,6-7,9-12,16,20,31H,5,8,13-15H2,1H3,(H,32,33)(H3,27,28,29,30)/b23-17+/t20-,36?/m0/s1. The molecule has 1 saturated heterocycles. The van der Waals surface area contributed by atoms with Crippen LogP contribution in [-0.4, -0.2) is 51.1 Å². The van der Waals surface area contributed by atoms with Gasteiger partial charge in [-0.15, -0.1) is 0 Å². The van der Waals surface area contributed by atoms with Crippen molar-refractivity contribution in [3.8, 4) is 0 Å². The number of hydrogen-bond donors (Lipinski definition) is 4. The quantitative estimate of drug-likeness (QED) is 0.307. The molecular weight excluding hydrogens is 478 g/mol. The van der Waals surface area contributed by atoms with Crippen LogP contribution in [0.25, 0.3) is 11.1 Å². The van der Waals surface area contributed by atoms with Crippen LogP contribution in [0, 0.1) is 0 Å². The first kappa shape index (κ1) is 25.5. The van der Waals surface area contributed by atoms with Crippen LogP contribution in [0.1, 0.15) is 36.5 Å². The summed E-state index contributed by atoms with van der Waals surface area (Å²) in [6.45, 7) is 2.99. The van der Waals surface area contributed by atoms with Gasteiger partial charge in [-0.05, 0) is 54.2 Å². The minimum atomic E-state index is -1.63. The topological polar surface area (TPSA) is 139 Å². The Labute approximate surface area is 212 Å². The van der Waals surface area contributed by atoms with Crippen molar-refractivity contribution in [3.63, 3.8) is 0 Å². The van der Waals surface area contributed by atoms with Crippen LogP contribution in [0.2, 0.25) is 0 Å². The summed E-state index contributed by atoms with van der Waals surface area (Å²) in [7, 11) is -1.63. The van der Waals surface area contributed by atoms with Crippen molar-refractivity contribution in [2.24, 2.45) is 0 Å². The number of nitrogens with one attached hydrogen (secondary N) is 2. The average Bonchev–Trinajstić information content (AvgIpc) is 3.42. The number of hydrogen-bond acceptors (Lipinski definition) is 7. The molecule has 36 heavy (non-hydrogen) atoms. The summed E-state index contributed by atoms with van der Waals surface area (Å²) in [4.78, 5) is 20.0. The number of nitrogens with two attached hydrogens (primary N) is 1. The Hall–Kier alpha value is -3.60. The van der Waals surface area contributed by atoms with Crippen LogP contribution < -0.4 is 15.8 Å². The second kappa shape index (κ2) is 11.9. The summed E-state index contributed by atoms with van der Waals surface area (Å²) in [5.41, 5.74) is 10.8. The van der Waals surface area contributed by atoms with Gasteiger partial charge >= 0.3 is 5.97 Å². The molecule has 3 aromatic rings. The maximum atomic E-state index is 12.4. The molecule has 0 spiro atoms. The minimum Gasteiger partial charge on any atom is -0.480 e. The predicted octanol–water partition coefficient (Wildman–Crippen LogP) is 3.33. The molecule has 0 amide bonds. The Kier molecular flexibility index (Phi) is 8.42. The molecule has 0 bridgehead atoms. The first-order valence-electron chi connectivity index (χ1n) is 11.6. The number of benzene rings is 2. The molecule has 1 unspecified atom stereocenters. The van der Waals surface area contributed by atoms with Gasteiger partial charge in [0, 0.05) is 13.2 Å². The largest absolute Gasteiger partial charge is 0.480 e. The number of nitrogen functional groups attached to an aromatic ring is 1. The Bertz CT molecular complexity index is 1260. The van der Waals surface area contributed by atoms with E-state index in [0.29, 0.717) is 28.6 Å². The normalized spacial score (nSPS) is 16.9. The van der Waals surface area contributed by atoms with E-state index in [-0.39, 0.29) is 12.6 Å². The number of rotatable bonds is 10. The molecule has 10 heteroatoms. The van der Waals surface area contributed by atoms with Crippen molar-refractivity contribution >= 4 is 39.7 Å². The van der Waals surface area contributed by atoms with Crippen molar-refractivity contribution in [2.75, 3.05) is 30.7 Å². The smallest absolute Gasteiger partial charge is 0.318 e. The van der Waals surface area contributed by atoms with E-state index in [4.69, 9.17) is 15.6 Å². The van der Waals surface area contributed by atoms with Gasteiger partial charge in [0.1, 0.15) is 35.5 Å². The van der Waals surface area contributed by atoms with E-state index >= 15 is 0 Å². The fourth-order valence-electron chi connectivity index (χ4n) is 4.13. The van der Waals surface area contributed by atoms with Gasteiger partial charge in [-0.3, -0.25) is 4.79 Å². The fourth-order valence-corrected chi connectivity index (χ4v) is 4.94. The first-order chi connectivity index (χ1) is 17.4. The molecule has 1 fully saturated rings. The van der Waals surface area contributed by atoms with Crippen LogP contribution in [0.15, 0.2) is 65.8 Å². The number of aromatic nitrogens is 2. The molecule has 2 heterocycles. The molecule has 188 valence electrons. The summed E-state index contributed by atoms with van der Waals surface area (Å²) in [5, 5.41) is 12.2. The van der Waals surface area contributed by atoms with Crippen molar-refractivity contribution in [2.45, 2.75) is 30.8 Å². The molecule has 1 aliphatic rings. The molecule has 1 aliphatic heterocycles. The van der Waals surface area contributed by atoms with E-state index in [0.717, 1.165) is 41.7 Å². The zero-order valence-electron chi connectivity index (χ0n) is 19.9. The number of carbonyl (C=O) groups is 1. The Morgan fingerprint density at radius 1 is 1.14 bits per heavy atom. The van der Waals surface area contributed by atoms with Gasteiger partial charge in [0.15, 0.2) is 0 Å². The summed E-state index contributed by atoms with van der Waals surface area (Å²) in [5.74, 6) is -0.0849. The lowest BCUT2D eigenvalue weighted by Crippen LogP contribution is -2.24. The number of aliphatic carboxylic acids is 1. The fraction of sp³-hybridized carbons (Fsp3) is 0.269. The molecule has 1 aromatic heterocycles. The summed E-state index contributed by atoms with van der Waals surface area (Å²) in [6.07, 6.45) is 3.62. The molecule has 4 rings (SSSR count). The first-order valence-corrected chi connectivity index (χ1v) is 12.8. The number of nitrogens with zero attached hydrogens (tertiary/aromatic N) is 2. The van der Waals surface area contributed by atoms with Crippen molar-refractivity contribution in [3.05, 3.63) is 77.6 Å². The maximum Gasteiger partial charge on any atom is 0.318 e. The van der Waals surface area contributed by atoms with E-state index in [9.17, 15) is 9.00 Å². The van der Waals surface area contributed by atoms with Crippen LogP contribution >= 0.6 is 0 Å². The molecule has 5 N–H and O–H groups in total. The van der Waals surface area contributed by atoms with E-state index < -0.39 is 17.0 Å². The highest BCUT2D eigenvalue weighted by atomic mass is 32.2. The summed E-state index contributed by atoms with van der Waals surface area (Å²) < 4.78 is 20.6. The second-order valence-corrected chi connectivity index (χ2v) is 9.67. The van der Waals surface area contributed by atoms with Gasteiger partial charge in [-0.25, -0.2) is 18.9 Å². The monoisotopic (exact) mass is 507 g/mol. The number of carboxylic acids is 1. The molecule has 2 atom stereocenters. The van der Waals surface area contributed by atoms with E-state index in [1.165, 1.54) is 6.33 Å². The maximum absolute atomic E-state index is 12.4. The van der Waals surface area contributed by atoms with Crippen LogP contribution in [0.3, 0.4) is 0 Å². The van der Waals surface area contributed by atoms with E-state index in [2.05, 4.69) is 20.0 Å². The Morgan fingerprint density at radius 3 is 2.56 bits per heavy atom. The zero-order valence-corrected chi connectivity index (χ0v) is 20.8. The van der Waals surface area contributed by atoms with Gasteiger partial charge in [0.2, 0.25) is 0 Å². The van der Waals surface area contributed by atoms with Crippen LogP contribution in [0.4, 0.5) is 11.6 Å². The lowest BCUT2D eigenvalue weighted by Gasteiger charge is -2.20. The molecule has 9 nitrogen and oxygen atoms in total. The molecular formula is C26H29N5O4S. The van der Waals surface area contributed by atoms with E-state index in [1.807, 2.05) is 49.4 Å². The van der Waals surface area contributed by atoms with Gasteiger partial charge < -0.3 is 20.9 Å². The third kappa shape index (κ3) is 6.14. The number of anilines is 2. The third-order valence-electron chi connectivity index (χ3n) is 5.94. The number of ether oxygens (including phenoxy) is 1. The van der Waals surface area contributed by atoms with Crippen LogP contribution in [0.5, 0.6) is 0 Å². The second-order valence-electron chi connectivity index (χ2n) is 8.37. The Balaban J connectivity index is 1.74. The molecule has 2 aromatic carbocycles. The van der Waals surface area contributed by atoms with Gasteiger partial charge in [0.05, 0.1) is 16.6 Å². The van der Waals surface area contributed by atoms with Crippen LogP contribution in [-0.2, 0) is 20.5 Å². The Morgan fingerprint density at radius 2 is 1.89 bits per heavy atom. The highest BCUT2D eigenvalue weighted by Crippen LogP contribution is 2.37. The average molecular weight is 508 g/mol. The lowest BCUT2D eigenvalue weighted by molar-refractivity contribution is -0.135. The highest BCUT2D eigenvalue weighted by molar-refractivity contribution is 7.83. The van der Waals surface area contributed by atoms with Crippen molar-refractivity contribution in [1.29, 1.82) is 0 Å². The third-order valence-corrected chi connectivity index (χ3v) is 7.05. The van der Waals surface area contributed by atoms with Crippen molar-refractivity contribution in [1.82, 2.24) is 14.7 Å². The van der Waals surface area contributed by atoms with Crippen molar-refractivity contribution < 1.29 is 18.8 Å². The predicted molar refractivity (Wildman–Crippen MR) is 140 cm³/mol. The molecule has 0 aliphatic carbocycles. The van der Waals surface area contributed by atoms with Gasteiger partial charge in [-0.1, -0.05) is 42.5 Å². The molecule has 0 radical (unpaired) electrons. The SMILES string of the molecule is C/C(=C(/c1ccccc1)c1c(N)ncnc1NC[C@@H]1CCCO1)c1ccc(S(=O)NCC(=O)O)cc1. The highest BCUT2D eigenvalue weighted by Gasteiger charge is 2.21. The van der Waals surface area contributed by atoms with E-state index in [1.54, 1.807) is 12.1 Å². The van der Waals surface area contributed by atoms with Gasteiger partial charge in [0.25, 0.3) is 0 Å².